The lowest BCUT2D eigenvalue weighted by Gasteiger charge is -2.12. The lowest BCUT2D eigenvalue weighted by Crippen LogP contribution is -2.05. The number of alkyl halides is 3. The average molecular weight is 218 g/mol. The van der Waals surface area contributed by atoms with Gasteiger partial charge in [0.2, 0.25) is 0 Å². The number of aliphatic hydroxyl groups excluding tert-OH is 1. The summed E-state index contributed by atoms with van der Waals surface area (Å²) in [5.74, 6) is 0.0808. The molecule has 0 aliphatic rings. The van der Waals surface area contributed by atoms with Crippen molar-refractivity contribution in [3.8, 4) is 0 Å². The summed E-state index contributed by atoms with van der Waals surface area (Å²) in [6.07, 6.45) is -3.72. The number of rotatable bonds is 3. The molecule has 4 heteroatoms. The van der Waals surface area contributed by atoms with Gasteiger partial charge in [-0.15, -0.1) is 0 Å². The van der Waals surface area contributed by atoms with Crippen LogP contribution in [0.4, 0.5) is 13.2 Å². The van der Waals surface area contributed by atoms with E-state index in [0.29, 0.717) is 6.42 Å². The molecular formula is C11H13F3O. The number of benzene rings is 1. The van der Waals surface area contributed by atoms with Gasteiger partial charge in [-0.1, -0.05) is 19.1 Å². The van der Waals surface area contributed by atoms with E-state index in [1.807, 2.05) is 6.92 Å². The van der Waals surface area contributed by atoms with Gasteiger partial charge in [0.1, 0.15) is 0 Å². The van der Waals surface area contributed by atoms with Crippen LogP contribution in [0.1, 0.15) is 30.4 Å². The molecule has 84 valence electrons. The minimum absolute atomic E-state index is 0.0438. The van der Waals surface area contributed by atoms with Gasteiger partial charge in [-0.25, -0.2) is 0 Å². The SMILES string of the molecule is CC(CCO)c1ccc(C(F)(F)F)cc1. The first-order valence-electron chi connectivity index (χ1n) is 4.73. The Hall–Kier alpha value is -1.03. The van der Waals surface area contributed by atoms with Crippen molar-refractivity contribution in [2.24, 2.45) is 0 Å². The monoisotopic (exact) mass is 218 g/mol. The normalized spacial score (nSPS) is 13.9. The highest BCUT2D eigenvalue weighted by molar-refractivity contribution is 5.26. The molecule has 0 saturated heterocycles. The van der Waals surface area contributed by atoms with Gasteiger partial charge >= 0.3 is 6.18 Å². The van der Waals surface area contributed by atoms with Gasteiger partial charge in [0.15, 0.2) is 0 Å². The largest absolute Gasteiger partial charge is 0.416 e. The lowest BCUT2D eigenvalue weighted by atomic mass is 9.97. The van der Waals surface area contributed by atoms with Crippen molar-refractivity contribution >= 4 is 0 Å². The van der Waals surface area contributed by atoms with Crippen LogP contribution >= 0.6 is 0 Å². The Morgan fingerprint density at radius 3 is 2.13 bits per heavy atom. The maximum absolute atomic E-state index is 12.2. The van der Waals surface area contributed by atoms with E-state index in [0.717, 1.165) is 17.7 Å². The van der Waals surface area contributed by atoms with Crippen LogP contribution in [0.15, 0.2) is 24.3 Å². The number of aliphatic hydroxyl groups is 1. The van der Waals surface area contributed by atoms with Gasteiger partial charge in [-0.05, 0) is 30.0 Å². The fourth-order valence-electron chi connectivity index (χ4n) is 1.36. The quantitative estimate of drug-likeness (QED) is 0.826. The summed E-state index contributed by atoms with van der Waals surface area (Å²) in [7, 11) is 0. The highest BCUT2D eigenvalue weighted by atomic mass is 19.4. The molecule has 1 nitrogen and oxygen atoms in total. The Kier molecular flexibility index (Phi) is 3.74. The van der Waals surface area contributed by atoms with E-state index in [1.165, 1.54) is 12.1 Å². The summed E-state index contributed by atoms with van der Waals surface area (Å²) in [6, 6.07) is 5.07. The average Bonchev–Trinajstić information content (AvgIpc) is 2.17. The Morgan fingerprint density at radius 1 is 1.20 bits per heavy atom. The fraction of sp³-hybridized carbons (Fsp3) is 0.455. The molecule has 0 radical (unpaired) electrons. The molecule has 1 atom stereocenters. The summed E-state index contributed by atoms with van der Waals surface area (Å²) >= 11 is 0. The van der Waals surface area contributed by atoms with Crippen LogP contribution in [0.2, 0.25) is 0 Å². The van der Waals surface area contributed by atoms with Crippen molar-refractivity contribution < 1.29 is 18.3 Å². The van der Waals surface area contributed by atoms with E-state index >= 15 is 0 Å². The predicted molar refractivity (Wildman–Crippen MR) is 51.6 cm³/mol. The molecule has 0 heterocycles. The molecule has 0 aliphatic heterocycles. The molecule has 0 fully saturated rings. The Morgan fingerprint density at radius 2 is 1.73 bits per heavy atom. The van der Waals surface area contributed by atoms with Crippen LogP contribution in [0, 0.1) is 0 Å². The van der Waals surface area contributed by atoms with E-state index in [9.17, 15) is 13.2 Å². The van der Waals surface area contributed by atoms with Crippen molar-refractivity contribution in [1.82, 2.24) is 0 Å². The minimum atomic E-state index is -4.28. The van der Waals surface area contributed by atoms with Crippen LogP contribution in [0.3, 0.4) is 0 Å². The topological polar surface area (TPSA) is 20.2 Å². The first-order chi connectivity index (χ1) is 6.95. The molecule has 0 bridgehead atoms. The maximum atomic E-state index is 12.2. The summed E-state index contributed by atoms with van der Waals surface area (Å²) in [5.41, 5.74) is 0.180. The van der Waals surface area contributed by atoms with Crippen LogP contribution in [-0.2, 0) is 6.18 Å². The molecule has 1 unspecified atom stereocenters. The Labute approximate surface area is 86.5 Å². The zero-order valence-corrected chi connectivity index (χ0v) is 8.38. The first-order valence-corrected chi connectivity index (χ1v) is 4.73. The molecule has 0 aliphatic carbocycles. The molecule has 1 aromatic carbocycles. The van der Waals surface area contributed by atoms with Gasteiger partial charge in [0.05, 0.1) is 5.56 Å². The molecule has 1 N–H and O–H groups in total. The first kappa shape index (κ1) is 12.0. The van der Waals surface area contributed by atoms with E-state index in [1.54, 1.807) is 0 Å². The van der Waals surface area contributed by atoms with Crippen LogP contribution in [-0.4, -0.2) is 11.7 Å². The number of hydrogen-bond donors (Lipinski definition) is 1. The van der Waals surface area contributed by atoms with E-state index < -0.39 is 11.7 Å². The van der Waals surface area contributed by atoms with E-state index in [-0.39, 0.29) is 12.5 Å². The van der Waals surface area contributed by atoms with Crippen LogP contribution in [0.25, 0.3) is 0 Å². The van der Waals surface area contributed by atoms with E-state index in [2.05, 4.69) is 0 Å². The maximum Gasteiger partial charge on any atom is 0.416 e. The fourth-order valence-corrected chi connectivity index (χ4v) is 1.36. The van der Waals surface area contributed by atoms with Gasteiger partial charge in [-0.3, -0.25) is 0 Å². The van der Waals surface area contributed by atoms with Crippen molar-refractivity contribution in [1.29, 1.82) is 0 Å². The Balaban J connectivity index is 2.81. The van der Waals surface area contributed by atoms with Crippen molar-refractivity contribution in [3.05, 3.63) is 35.4 Å². The second-order valence-corrected chi connectivity index (χ2v) is 3.53. The third-order valence-corrected chi connectivity index (χ3v) is 2.37. The lowest BCUT2D eigenvalue weighted by molar-refractivity contribution is -0.137. The summed E-state index contributed by atoms with van der Waals surface area (Å²) in [5, 5.41) is 8.70. The zero-order chi connectivity index (χ0) is 11.5. The molecule has 15 heavy (non-hydrogen) atoms. The standard InChI is InChI=1S/C11H13F3O/c1-8(6-7-15)9-2-4-10(5-3-9)11(12,13)14/h2-5,8,15H,6-7H2,1H3. The highest BCUT2D eigenvalue weighted by Crippen LogP contribution is 2.30. The number of hydrogen-bond acceptors (Lipinski definition) is 1. The molecule has 1 aromatic rings. The molecule has 0 saturated carbocycles. The van der Waals surface area contributed by atoms with Gasteiger partial charge in [-0.2, -0.15) is 13.2 Å². The summed E-state index contributed by atoms with van der Waals surface area (Å²) in [6.45, 7) is 1.92. The smallest absolute Gasteiger partial charge is 0.396 e. The summed E-state index contributed by atoms with van der Waals surface area (Å²) < 4.78 is 36.7. The zero-order valence-electron chi connectivity index (χ0n) is 8.38. The molecule has 1 rings (SSSR count). The molecule has 0 spiro atoms. The predicted octanol–water partition coefficient (Wildman–Crippen LogP) is 3.19. The molecular weight excluding hydrogens is 205 g/mol. The van der Waals surface area contributed by atoms with Crippen molar-refractivity contribution in [3.63, 3.8) is 0 Å². The highest BCUT2D eigenvalue weighted by Gasteiger charge is 2.30. The van der Waals surface area contributed by atoms with Crippen molar-refractivity contribution in [2.75, 3.05) is 6.61 Å². The van der Waals surface area contributed by atoms with Gasteiger partial charge < -0.3 is 5.11 Å². The van der Waals surface area contributed by atoms with E-state index in [4.69, 9.17) is 5.11 Å². The second kappa shape index (κ2) is 4.66. The minimum Gasteiger partial charge on any atom is -0.396 e. The van der Waals surface area contributed by atoms with Gasteiger partial charge in [0.25, 0.3) is 0 Å². The molecule has 0 amide bonds. The second-order valence-electron chi connectivity index (χ2n) is 3.53. The molecule has 0 aromatic heterocycles. The number of halogens is 3. The van der Waals surface area contributed by atoms with Gasteiger partial charge in [0, 0.05) is 6.61 Å². The van der Waals surface area contributed by atoms with Crippen molar-refractivity contribution in [2.45, 2.75) is 25.4 Å². The Bertz CT molecular complexity index is 303. The third kappa shape index (κ3) is 3.23. The third-order valence-electron chi connectivity index (χ3n) is 2.37. The summed E-state index contributed by atoms with van der Waals surface area (Å²) in [4.78, 5) is 0. The van der Waals surface area contributed by atoms with Crippen LogP contribution in [0.5, 0.6) is 0 Å². The van der Waals surface area contributed by atoms with Crippen LogP contribution < -0.4 is 0 Å².